The van der Waals surface area contributed by atoms with Crippen LogP contribution in [-0.2, 0) is 14.4 Å². The molecule has 96 valence electrons. The van der Waals surface area contributed by atoms with Crippen LogP contribution in [0.15, 0.2) is 0 Å². The fraction of sp³-hybridized carbons (Fsp3) is 0.727. The van der Waals surface area contributed by atoms with Crippen molar-refractivity contribution in [3.05, 3.63) is 0 Å². The van der Waals surface area contributed by atoms with Crippen LogP contribution in [0.1, 0.15) is 20.3 Å². The van der Waals surface area contributed by atoms with E-state index in [0.29, 0.717) is 32.6 Å². The van der Waals surface area contributed by atoms with Crippen molar-refractivity contribution in [1.82, 2.24) is 9.80 Å². The Hall–Kier alpha value is -1.59. The van der Waals surface area contributed by atoms with Gasteiger partial charge in [-0.2, -0.15) is 0 Å². The zero-order valence-corrected chi connectivity index (χ0v) is 10.2. The van der Waals surface area contributed by atoms with Crippen molar-refractivity contribution < 1.29 is 19.5 Å². The Balaban J connectivity index is 2.56. The summed E-state index contributed by atoms with van der Waals surface area (Å²) in [7, 11) is 0. The van der Waals surface area contributed by atoms with Crippen molar-refractivity contribution in [3.63, 3.8) is 0 Å². The number of hydrogen-bond donors (Lipinski definition) is 1. The molecular weight excluding hydrogens is 224 g/mol. The fourth-order valence-electron chi connectivity index (χ4n) is 1.92. The first kappa shape index (κ1) is 13.5. The van der Waals surface area contributed by atoms with Crippen molar-refractivity contribution in [3.8, 4) is 0 Å². The SMILES string of the molecule is CCC(C(=O)O)C(=O)N1CCN(C(C)=O)CC1. The molecule has 0 aromatic heterocycles. The fourth-order valence-corrected chi connectivity index (χ4v) is 1.92. The quantitative estimate of drug-likeness (QED) is 0.694. The minimum Gasteiger partial charge on any atom is -0.481 e. The molecule has 1 heterocycles. The molecule has 0 spiro atoms. The van der Waals surface area contributed by atoms with Crippen LogP contribution in [0.25, 0.3) is 0 Å². The number of nitrogens with zero attached hydrogens (tertiary/aromatic N) is 2. The maximum atomic E-state index is 11.9. The van der Waals surface area contributed by atoms with Crippen LogP contribution in [-0.4, -0.2) is 58.9 Å². The molecule has 1 aliphatic heterocycles. The zero-order chi connectivity index (χ0) is 13.0. The number of carbonyl (C=O) groups is 3. The molecule has 0 radical (unpaired) electrons. The van der Waals surface area contributed by atoms with Crippen LogP contribution >= 0.6 is 0 Å². The van der Waals surface area contributed by atoms with Gasteiger partial charge in [-0.1, -0.05) is 6.92 Å². The van der Waals surface area contributed by atoms with E-state index in [1.165, 1.54) is 11.8 Å². The van der Waals surface area contributed by atoms with Gasteiger partial charge in [0.25, 0.3) is 0 Å². The summed E-state index contributed by atoms with van der Waals surface area (Å²) in [4.78, 5) is 37.1. The van der Waals surface area contributed by atoms with Gasteiger partial charge in [0.15, 0.2) is 0 Å². The van der Waals surface area contributed by atoms with Crippen LogP contribution in [0.4, 0.5) is 0 Å². The number of carbonyl (C=O) groups excluding carboxylic acids is 2. The van der Waals surface area contributed by atoms with Gasteiger partial charge in [0.1, 0.15) is 5.92 Å². The highest BCUT2D eigenvalue weighted by molar-refractivity contribution is 5.97. The summed E-state index contributed by atoms with van der Waals surface area (Å²) < 4.78 is 0. The van der Waals surface area contributed by atoms with Crippen molar-refractivity contribution in [2.75, 3.05) is 26.2 Å². The molecule has 0 aromatic rings. The molecule has 0 aliphatic carbocycles. The molecule has 1 unspecified atom stereocenters. The van der Waals surface area contributed by atoms with Crippen LogP contribution in [0.5, 0.6) is 0 Å². The Labute approximate surface area is 100 Å². The van der Waals surface area contributed by atoms with Crippen LogP contribution in [0.2, 0.25) is 0 Å². The van der Waals surface area contributed by atoms with Gasteiger partial charge < -0.3 is 14.9 Å². The number of amides is 2. The molecule has 1 N–H and O–H groups in total. The standard InChI is InChI=1S/C11H18N2O4/c1-3-9(11(16)17)10(15)13-6-4-12(5-7-13)8(2)14/h9H,3-7H2,1-2H3,(H,16,17). The number of aliphatic carboxylic acids is 1. The first-order valence-electron chi connectivity index (χ1n) is 5.74. The summed E-state index contributed by atoms with van der Waals surface area (Å²) >= 11 is 0. The molecule has 6 heteroatoms. The van der Waals surface area contributed by atoms with E-state index in [1.54, 1.807) is 11.8 Å². The largest absolute Gasteiger partial charge is 0.481 e. The molecule has 0 saturated carbocycles. The lowest BCUT2D eigenvalue weighted by Crippen LogP contribution is -2.52. The van der Waals surface area contributed by atoms with Crippen LogP contribution < -0.4 is 0 Å². The van der Waals surface area contributed by atoms with Crippen LogP contribution in [0, 0.1) is 5.92 Å². The molecule has 1 aliphatic rings. The summed E-state index contributed by atoms with van der Waals surface area (Å²) in [6, 6.07) is 0. The summed E-state index contributed by atoms with van der Waals surface area (Å²) in [6.07, 6.45) is 0.293. The molecule has 6 nitrogen and oxygen atoms in total. The number of rotatable bonds is 3. The van der Waals surface area contributed by atoms with Crippen LogP contribution in [0.3, 0.4) is 0 Å². The molecule has 0 bridgehead atoms. The van der Waals surface area contributed by atoms with Crippen molar-refractivity contribution in [1.29, 1.82) is 0 Å². The smallest absolute Gasteiger partial charge is 0.316 e. The summed E-state index contributed by atoms with van der Waals surface area (Å²) in [5.74, 6) is -2.39. The second kappa shape index (κ2) is 5.65. The Morgan fingerprint density at radius 1 is 1.12 bits per heavy atom. The van der Waals surface area contributed by atoms with E-state index in [4.69, 9.17) is 5.11 Å². The predicted octanol–water partition coefficient (Wildman–Crippen LogP) is -0.212. The van der Waals surface area contributed by atoms with Gasteiger partial charge in [-0.15, -0.1) is 0 Å². The number of hydrogen-bond acceptors (Lipinski definition) is 3. The van der Waals surface area contributed by atoms with E-state index >= 15 is 0 Å². The van der Waals surface area contributed by atoms with Crippen molar-refractivity contribution in [2.45, 2.75) is 20.3 Å². The highest BCUT2D eigenvalue weighted by Crippen LogP contribution is 2.11. The highest BCUT2D eigenvalue weighted by Gasteiger charge is 2.31. The van der Waals surface area contributed by atoms with E-state index in [1.807, 2.05) is 0 Å². The van der Waals surface area contributed by atoms with Gasteiger partial charge in [-0.25, -0.2) is 0 Å². The van der Waals surface area contributed by atoms with Crippen molar-refractivity contribution >= 4 is 17.8 Å². The normalized spacial score (nSPS) is 17.8. The second-order valence-corrected chi connectivity index (χ2v) is 4.13. The van der Waals surface area contributed by atoms with Gasteiger partial charge in [0.2, 0.25) is 11.8 Å². The first-order valence-corrected chi connectivity index (χ1v) is 5.74. The Kier molecular flexibility index (Phi) is 4.48. The third kappa shape index (κ3) is 3.18. The summed E-state index contributed by atoms with van der Waals surface area (Å²) in [5, 5.41) is 8.90. The lowest BCUT2D eigenvalue weighted by Gasteiger charge is -2.35. The molecule has 1 fully saturated rings. The lowest BCUT2D eigenvalue weighted by molar-refractivity contribution is -0.153. The molecule has 0 aromatic carbocycles. The second-order valence-electron chi connectivity index (χ2n) is 4.13. The van der Waals surface area contributed by atoms with E-state index in [0.717, 1.165) is 0 Å². The van der Waals surface area contributed by atoms with E-state index < -0.39 is 11.9 Å². The third-order valence-electron chi connectivity index (χ3n) is 3.04. The molecule has 2 amide bonds. The van der Waals surface area contributed by atoms with E-state index in [2.05, 4.69) is 0 Å². The van der Waals surface area contributed by atoms with Crippen molar-refractivity contribution in [2.24, 2.45) is 5.92 Å². The maximum Gasteiger partial charge on any atom is 0.316 e. The molecular formula is C11H18N2O4. The number of carboxylic acids is 1. The van der Waals surface area contributed by atoms with Gasteiger partial charge in [0.05, 0.1) is 0 Å². The molecule has 1 rings (SSSR count). The van der Waals surface area contributed by atoms with E-state index in [9.17, 15) is 14.4 Å². The maximum absolute atomic E-state index is 11.9. The summed E-state index contributed by atoms with van der Waals surface area (Å²) in [6.45, 7) is 4.98. The molecule has 1 saturated heterocycles. The van der Waals surface area contributed by atoms with Gasteiger partial charge in [-0.05, 0) is 6.42 Å². The summed E-state index contributed by atoms with van der Waals surface area (Å²) in [5.41, 5.74) is 0. The average Bonchev–Trinajstić information content (AvgIpc) is 2.29. The van der Waals surface area contributed by atoms with Gasteiger partial charge in [-0.3, -0.25) is 14.4 Å². The average molecular weight is 242 g/mol. The first-order chi connectivity index (χ1) is 7.97. The monoisotopic (exact) mass is 242 g/mol. The number of carboxylic acid groups (broad SMARTS) is 1. The molecule has 17 heavy (non-hydrogen) atoms. The topological polar surface area (TPSA) is 77.9 Å². The zero-order valence-electron chi connectivity index (χ0n) is 10.2. The Morgan fingerprint density at radius 3 is 1.94 bits per heavy atom. The third-order valence-corrected chi connectivity index (χ3v) is 3.04. The Bertz CT molecular complexity index is 321. The number of piperazine rings is 1. The lowest BCUT2D eigenvalue weighted by atomic mass is 10.0. The van der Waals surface area contributed by atoms with Gasteiger partial charge >= 0.3 is 5.97 Å². The minimum absolute atomic E-state index is 0.0117. The highest BCUT2D eigenvalue weighted by atomic mass is 16.4. The van der Waals surface area contributed by atoms with E-state index in [-0.39, 0.29) is 11.8 Å². The Morgan fingerprint density at radius 2 is 1.59 bits per heavy atom. The molecule has 1 atom stereocenters. The predicted molar refractivity (Wildman–Crippen MR) is 60.3 cm³/mol. The van der Waals surface area contributed by atoms with Gasteiger partial charge in [0, 0.05) is 33.1 Å². The minimum atomic E-state index is -1.08.